The standard InChI is InChI=1S/C22H29N3O3/c1-6-19-15(11-17-12-23-14-24(17)5)13-25(20(19)26)21(27)28-18-9-7-16(8-10-18)22(2,3)4/h7-10,12,14-15,19H,6,11,13H2,1-5H3/t15-,19+/m0/s1. The number of imide groups is 1. The lowest BCUT2D eigenvalue weighted by Crippen LogP contribution is -2.36. The van der Waals surface area contributed by atoms with Gasteiger partial charge in [-0.05, 0) is 41.9 Å². The molecule has 6 heteroatoms. The van der Waals surface area contributed by atoms with Gasteiger partial charge < -0.3 is 9.30 Å². The van der Waals surface area contributed by atoms with Crippen LogP contribution in [0.15, 0.2) is 36.8 Å². The molecule has 1 fully saturated rings. The number of benzene rings is 1. The lowest BCUT2D eigenvalue weighted by molar-refractivity contribution is -0.129. The molecular weight excluding hydrogens is 354 g/mol. The van der Waals surface area contributed by atoms with Crippen LogP contribution >= 0.6 is 0 Å². The molecule has 6 nitrogen and oxygen atoms in total. The van der Waals surface area contributed by atoms with Gasteiger partial charge in [0.15, 0.2) is 0 Å². The largest absolute Gasteiger partial charge is 0.422 e. The summed E-state index contributed by atoms with van der Waals surface area (Å²) in [4.78, 5) is 30.8. The van der Waals surface area contributed by atoms with Gasteiger partial charge >= 0.3 is 6.09 Å². The van der Waals surface area contributed by atoms with Gasteiger partial charge in [0.2, 0.25) is 5.91 Å². The topological polar surface area (TPSA) is 64.4 Å². The summed E-state index contributed by atoms with van der Waals surface area (Å²) >= 11 is 0. The number of imidazole rings is 1. The molecule has 2 atom stereocenters. The number of nitrogens with zero attached hydrogens (tertiary/aromatic N) is 3. The monoisotopic (exact) mass is 383 g/mol. The predicted molar refractivity (Wildman–Crippen MR) is 107 cm³/mol. The van der Waals surface area contributed by atoms with Crippen LogP contribution < -0.4 is 4.74 Å². The molecular formula is C22H29N3O3. The van der Waals surface area contributed by atoms with Gasteiger partial charge in [-0.2, -0.15) is 0 Å². The van der Waals surface area contributed by atoms with Crippen LogP contribution in [0.1, 0.15) is 45.4 Å². The van der Waals surface area contributed by atoms with Crippen LogP contribution in [0.25, 0.3) is 0 Å². The highest BCUT2D eigenvalue weighted by atomic mass is 16.6. The smallest absolute Gasteiger partial charge is 0.410 e. The number of aryl methyl sites for hydroxylation is 1. The van der Waals surface area contributed by atoms with E-state index in [1.54, 1.807) is 18.5 Å². The van der Waals surface area contributed by atoms with Crippen LogP contribution in [0.5, 0.6) is 5.75 Å². The minimum atomic E-state index is -0.598. The summed E-state index contributed by atoms with van der Waals surface area (Å²) in [5, 5.41) is 0. The van der Waals surface area contributed by atoms with Crippen LogP contribution in [-0.4, -0.2) is 33.0 Å². The lowest BCUT2D eigenvalue weighted by atomic mass is 9.87. The molecule has 150 valence electrons. The molecule has 0 radical (unpaired) electrons. The third-order valence-corrected chi connectivity index (χ3v) is 5.54. The number of likely N-dealkylation sites (tertiary alicyclic amines) is 1. The molecule has 1 saturated heterocycles. The average Bonchev–Trinajstić information content (AvgIpc) is 3.18. The van der Waals surface area contributed by atoms with E-state index in [0.717, 1.165) is 11.3 Å². The summed E-state index contributed by atoms with van der Waals surface area (Å²) in [6.45, 7) is 8.75. The van der Waals surface area contributed by atoms with Crippen molar-refractivity contribution in [2.75, 3.05) is 6.54 Å². The third kappa shape index (κ3) is 4.11. The predicted octanol–water partition coefficient (Wildman–Crippen LogP) is 3.94. The highest BCUT2D eigenvalue weighted by Crippen LogP contribution is 2.31. The van der Waals surface area contributed by atoms with Crippen molar-refractivity contribution in [3.8, 4) is 5.75 Å². The lowest BCUT2D eigenvalue weighted by Gasteiger charge is -2.19. The van der Waals surface area contributed by atoms with Crippen molar-refractivity contribution < 1.29 is 14.3 Å². The number of carbonyl (C=O) groups is 2. The molecule has 1 aliphatic rings. The minimum absolute atomic E-state index is 0.0286. The van der Waals surface area contributed by atoms with Crippen LogP contribution in [0.4, 0.5) is 4.79 Å². The Kier molecular flexibility index (Phi) is 5.59. The van der Waals surface area contributed by atoms with Gasteiger partial charge in [-0.25, -0.2) is 14.7 Å². The summed E-state index contributed by atoms with van der Waals surface area (Å²) in [6, 6.07) is 7.47. The molecule has 0 N–H and O–H groups in total. The number of hydrogen-bond donors (Lipinski definition) is 0. The van der Waals surface area contributed by atoms with E-state index in [4.69, 9.17) is 4.74 Å². The Hall–Kier alpha value is -2.63. The fourth-order valence-electron chi connectivity index (χ4n) is 3.76. The first-order chi connectivity index (χ1) is 13.2. The van der Waals surface area contributed by atoms with Gasteiger partial charge in [-0.1, -0.05) is 39.8 Å². The first-order valence-corrected chi connectivity index (χ1v) is 9.79. The zero-order valence-electron chi connectivity index (χ0n) is 17.3. The van der Waals surface area contributed by atoms with E-state index in [9.17, 15) is 9.59 Å². The molecule has 0 spiro atoms. The number of hydrogen-bond acceptors (Lipinski definition) is 4. The molecule has 1 aliphatic heterocycles. The molecule has 1 aromatic heterocycles. The van der Waals surface area contributed by atoms with E-state index < -0.39 is 6.09 Å². The molecule has 0 saturated carbocycles. The van der Waals surface area contributed by atoms with E-state index in [1.165, 1.54) is 4.90 Å². The SMILES string of the molecule is CC[C@H]1C(=O)N(C(=O)Oc2ccc(C(C)(C)C)cc2)C[C@@H]1Cc1cncn1C. The van der Waals surface area contributed by atoms with Crippen molar-refractivity contribution in [1.82, 2.24) is 14.5 Å². The number of ether oxygens (including phenoxy) is 1. The van der Waals surface area contributed by atoms with Crippen molar-refractivity contribution in [3.63, 3.8) is 0 Å². The summed E-state index contributed by atoms with van der Waals surface area (Å²) in [7, 11) is 1.94. The van der Waals surface area contributed by atoms with Gasteiger partial charge in [-0.15, -0.1) is 0 Å². The molecule has 2 amide bonds. The molecule has 0 unspecified atom stereocenters. The minimum Gasteiger partial charge on any atom is -0.410 e. The van der Waals surface area contributed by atoms with Gasteiger partial charge in [0.05, 0.1) is 6.33 Å². The Morgan fingerprint density at radius 1 is 1.25 bits per heavy atom. The zero-order chi connectivity index (χ0) is 20.5. The van der Waals surface area contributed by atoms with Gasteiger partial charge in [0, 0.05) is 31.4 Å². The fraction of sp³-hybridized carbons (Fsp3) is 0.500. The molecule has 2 aromatic rings. The maximum atomic E-state index is 12.8. The second-order valence-corrected chi connectivity index (χ2v) is 8.57. The van der Waals surface area contributed by atoms with Crippen molar-refractivity contribution in [1.29, 1.82) is 0 Å². The van der Waals surface area contributed by atoms with Gasteiger partial charge in [0.25, 0.3) is 0 Å². The Morgan fingerprint density at radius 3 is 2.46 bits per heavy atom. The Bertz CT molecular complexity index is 849. The summed E-state index contributed by atoms with van der Waals surface area (Å²) in [6.07, 6.45) is 4.38. The van der Waals surface area contributed by atoms with Crippen molar-refractivity contribution in [2.45, 2.75) is 46.0 Å². The molecule has 0 bridgehead atoms. The molecule has 1 aromatic carbocycles. The Balaban J connectivity index is 1.69. The van der Waals surface area contributed by atoms with E-state index in [1.807, 2.05) is 36.9 Å². The molecule has 28 heavy (non-hydrogen) atoms. The van der Waals surface area contributed by atoms with Crippen LogP contribution in [0.2, 0.25) is 0 Å². The second kappa shape index (κ2) is 7.78. The Labute approximate surface area is 166 Å². The van der Waals surface area contributed by atoms with Crippen LogP contribution in [0.3, 0.4) is 0 Å². The third-order valence-electron chi connectivity index (χ3n) is 5.54. The molecule has 2 heterocycles. The van der Waals surface area contributed by atoms with Crippen molar-refractivity contribution in [3.05, 3.63) is 48.0 Å². The van der Waals surface area contributed by atoms with E-state index in [0.29, 0.717) is 25.1 Å². The normalized spacial score (nSPS) is 19.9. The molecule has 3 rings (SSSR count). The first kappa shape index (κ1) is 20.1. The maximum Gasteiger partial charge on any atom is 0.422 e. The fourth-order valence-corrected chi connectivity index (χ4v) is 3.76. The zero-order valence-corrected chi connectivity index (χ0v) is 17.3. The summed E-state index contributed by atoms with van der Waals surface area (Å²) in [5.74, 6) is 0.203. The van der Waals surface area contributed by atoms with Crippen molar-refractivity contribution >= 4 is 12.0 Å². The number of aromatic nitrogens is 2. The van der Waals surface area contributed by atoms with E-state index in [-0.39, 0.29) is 23.2 Å². The first-order valence-electron chi connectivity index (χ1n) is 9.79. The number of amides is 2. The summed E-state index contributed by atoms with van der Waals surface area (Å²) < 4.78 is 7.44. The highest BCUT2D eigenvalue weighted by Gasteiger charge is 2.43. The van der Waals surface area contributed by atoms with Gasteiger partial charge in [0.1, 0.15) is 5.75 Å². The van der Waals surface area contributed by atoms with E-state index >= 15 is 0 Å². The second-order valence-electron chi connectivity index (χ2n) is 8.57. The Morgan fingerprint density at radius 2 is 1.93 bits per heavy atom. The van der Waals surface area contributed by atoms with Crippen LogP contribution in [0, 0.1) is 11.8 Å². The molecule has 0 aliphatic carbocycles. The van der Waals surface area contributed by atoms with Crippen molar-refractivity contribution in [2.24, 2.45) is 18.9 Å². The number of rotatable bonds is 4. The van der Waals surface area contributed by atoms with E-state index in [2.05, 4.69) is 25.8 Å². The average molecular weight is 383 g/mol. The maximum absolute atomic E-state index is 12.8. The van der Waals surface area contributed by atoms with Gasteiger partial charge in [-0.3, -0.25) is 4.79 Å². The van der Waals surface area contributed by atoms with Crippen LogP contribution in [-0.2, 0) is 23.7 Å². The summed E-state index contributed by atoms with van der Waals surface area (Å²) in [5.41, 5.74) is 2.25. The quantitative estimate of drug-likeness (QED) is 0.802. The highest BCUT2D eigenvalue weighted by molar-refractivity contribution is 5.96. The number of carbonyl (C=O) groups excluding carboxylic acids is 2.